The number of hydrogen-bond acceptors (Lipinski definition) is 5. The van der Waals surface area contributed by atoms with Gasteiger partial charge in [0.05, 0.1) is 4.90 Å². The fourth-order valence-corrected chi connectivity index (χ4v) is 4.79. The molecule has 0 bridgehead atoms. The molecule has 25 heavy (non-hydrogen) atoms. The van der Waals surface area contributed by atoms with Crippen LogP contribution < -0.4 is 10.6 Å². The number of carbonyl (C=O) groups excluding carboxylic acids is 1. The van der Waals surface area contributed by atoms with Crippen molar-refractivity contribution in [2.24, 2.45) is 0 Å². The molecule has 1 aromatic carbocycles. The van der Waals surface area contributed by atoms with Gasteiger partial charge in [-0.2, -0.15) is 16.1 Å². The lowest BCUT2D eigenvalue weighted by Crippen LogP contribution is -2.41. The monoisotopic (exact) mass is 385 g/mol. The number of sulfonamides is 1. The Bertz CT molecular complexity index is 669. The predicted molar refractivity (Wildman–Crippen MR) is 102 cm³/mol. The number of nitrogens with zero attached hydrogens (tertiary/aromatic N) is 1. The van der Waals surface area contributed by atoms with Gasteiger partial charge >= 0.3 is 0 Å². The van der Waals surface area contributed by atoms with Crippen LogP contribution in [0, 0.1) is 0 Å². The molecule has 1 amide bonds. The maximum atomic E-state index is 12.4. The third-order valence-corrected chi connectivity index (χ3v) is 7.43. The number of nitrogens with one attached hydrogen (secondary N) is 2. The van der Waals surface area contributed by atoms with Crippen LogP contribution in [0.25, 0.3) is 0 Å². The van der Waals surface area contributed by atoms with Gasteiger partial charge in [-0.25, -0.2) is 8.42 Å². The van der Waals surface area contributed by atoms with E-state index in [-0.39, 0.29) is 22.9 Å². The maximum Gasteiger partial charge on any atom is 0.243 e. The summed E-state index contributed by atoms with van der Waals surface area (Å²) in [7, 11) is -1.89. The third kappa shape index (κ3) is 5.70. The first-order chi connectivity index (χ1) is 11.8. The van der Waals surface area contributed by atoms with Crippen LogP contribution in [0.5, 0.6) is 0 Å². The molecule has 1 atom stereocenters. The van der Waals surface area contributed by atoms with E-state index >= 15 is 0 Å². The Kier molecular flexibility index (Phi) is 7.30. The van der Waals surface area contributed by atoms with Crippen molar-refractivity contribution in [3.63, 3.8) is 0 Å². The van der Waals surface area contributed by atoms with E-state index in [2.05, 4.69) is 10.6 Å². The molecule has 0 aromatic heterocycles. The highest BCUT2D eigenvalue weighted by Gasteiger charge is 2.22. The molecule has 1 aliphatic rings. The van der Waals surface area contributed by atoms with Crippen LogP contribution >= 0.6 is 11.8 Å². The van der Waals surface area contributed by atoms with Crippen molar-refractivity contribution in [2.75, 3.05) is 25.1 Å². The van der Waals surface area contributed by atoms with E-state index in [0.717, 1.165) is 23.6 Å². The first-order valence-corrected chi connectivity index (χ1v) is 11.0. The van der Waals surface area contributed by atoms with Gasteiger partial charge in [0.25, 0.3) is 0 Å². The van der Waals surface area contributed by atoms with Crippen molar-refractivity contribution < 1.29 is 13.2 Å². The summed E-state index contributed by atoms with van der Waals surface area (Å²) >= 11 is 1.86. The number of amides is 1. The summed E-state index contributed by atoms with van der Waals surface area (Å²) in [5.41, 5.74) is 0.880. The Labute approximate surface area is 154 Å². The quantitative estimate of drug-likeness (QED) is 0.742. The minimum absolute atomic E-state index is 0.0104. The molecule has 1 unspecified atom stereocenters. The van der Waals surface area contributed by atoms with Gasteiger partial charge in [0, 0.05) is 50.1 Å². The molecule has 2 rings (SSSR count). The average Bonchev–Trinajstić information content (AvgIpc) is 2.60. The molecule has 0 spiro atoms. The van der Waals surface area contributed by atoms with Crippen LogP contribution in [-0.4, -0.2) is 55.8 Å². The summed E-state index contributed by atoms with van der Waals surface area (Å²) in [5.74, 6) is 2.07. The molecule has 8 heteroatoms. The van der Waals surface area contributed by atoms with Crippen molar-refractivity contribution in [3.8, 4) is 0 Å². The first-order valence-electron chi connectivity index (χ1n) is 8.45. The number of carbonyl (C=O) groups is 1. The van der Waals surface area contributed by atoms with Crippen LogP contribution in [0.4, 0.5) is 0 Å². The summed E-state index contributed by atoms with van der Waals surface area (Å²) < 4.78 is 26.2. The lowest BCUT2D eigenvalue weighted by Gasteiger charge is -2.22. The highest BCUT2D eigenvalue weighted by Crippen LogP contribution is 2.17. The normalized spacial score (nSPS) is 18.5. The van der Waals surface area contributed by atoms with Gasteiger partial charge in [0.2, 0.25) is 15.9 Å². The number of benzene rings is 1. The van der Waals surface area contributed by atoms with Gasteiger partial charge in [-0.1, -0.05) is 12.1 Å². The van der Waals surface area contributed by atoms with Crippen LogP contribution in [0.3, 0.4) is 0 Å². The second kappa shape index (κ2) is 9.02. The Morgan fingerprint density at radius 3 is 2.60 bits per heavy atom. The van der Waals surface area contributed by atoms with Gasteiger partial charge < -0.3 is 10.6 Å². The second-order valence-corrected chi connectivity index (χ2v) is 9.61. The molecule has 0 aliphatic carbocycles. The zero-order valence-corrected chi connectivity index (χ0v) is 16.6. The van der Waals surface area contributed by atoms with Crippen molar-refractivity contribution in [3.05, 3.63) is 29.8 Å². The molecular formula is C17H27N3O3S2. The first kappa shape index (κ1) is 20.2. The molecule has 1 aliphatic heterocycles. The molecule has 1 aromatic rings. The molecule has 2 N–H and O–H groups in total. The van der Waals surface area contributed by atoms with Crippen LogP contribution in [0.15, 0.2) is 29.2 Å². The van der Waals surface area contributed by atoms with E-state index in [4.69, 9.17) is 0 Å². The fraction of sp³-hybridized carbons (Fsp3) is 0.588. The smallest absolute Gasteiger partial charge is 0.243 e. The summed E-state index contributed by atoms with van der Waals surface area (Å²) in [6.45, 7) is 5.02. The highest BCUT2D eigenvalue weighted by atomic mass is 32.2. The van der Waals surface area contributed by atoms with Gasteiger partial charge in [-0.05, 0) is 31.5 Å². The summed E-state index contributed by atoms with van der Waals surface area (Å²) in [6, 6.07) is 6.81. The summed E-state index contributed by atoms with van der Waals surface area (Å²) in [6.07, 6.45) is 0.471. The van der Waals surface area contributed by atoms with E-state index in [1.807, 2.05) is 25.6 Å². The minimum atomic E-state index is -3.47. The molecule has 0 saturated carbocycles. The summed E-state index contributed by atoms with van der Waals surface area (Å²) in [5, 5.41) is 6.24. The number of rotatable bonds is 7. The zero-order valence-electron chi connectivity index (χ0n) is 15.0. The van der Waals surface area contributed by atoms with Crippen LogP contribution in [0.1, 0.15) is 25.8 Å². The lowest BCUT2D eigenvalue weighted by atomic mass is 10.2. The van der Waals surface area contributed by atoms with Gasteiger partial charge in [-0.3, -0.25) is 4.79 Å². The lowest BCUT2D eigenvalue weighted by molar-refractivity contribution is -0.121. The second-order valence-electron chi connectivity index (χ2n) is 6.47. The molecule has 6 nitrogen and oxygen atoms in total. The largest absolute Gasteiger partial charge is 0.352 e. The molecule has 1 heterocycles. The standard InChI is InChI=1S/C17H27N3O3S2/c1-13(2)20(3)25(22,23)16-6-4-14(5-7-16)11-19-17(21)10-15-12-24-9-8-18-15/h4-7,13,15,18H,8-12H2,1-3H3,(H,19,21). The Balaban J connectivity index is 1.88. The summed E-state index contributed by atoms with van der Waals surface area (Å²) in [4.78, 5) is 12.3. The topological polar surface area (TPSA) is 78.5 Å². The number of thioether (sulfide) groups is 1. The Hall–Kier alpha value is -1.09. The van der Waals surface area contributed by atoms with Crippen LogP contribution in [0.2, 0.25) is 0 Å². The van der Waals surface area contributed by atoms with Gasteiger partial charge in [-0.15, -0.1) is 0 Å². The maximum absolute atomic E-state index is 12.4. The van der Waals surface area contributed by atoms with Crippen molar-refractivity contribution in [1.29, 1.82) is 0 Å². The van der Waals surface area contributed by atoms with E-state index < -0.39 is 10.0 Å². The molecule has 140 valence electrons. The van der Waals surface area contributed by atoms with Crippen LogP contribution in [-0.2, 0) is 21.4 Å². The SMILES string of the molecule is CC(C)N(C)S(=O)(=O)c1ccc(CNC(=O)CC2CSCCN2)cc1. The van der Waals surface area contributed by atoms with Crippen molar-refractivity contribution in [2.45, 2.75) is 43.8 Å². The average molecular weight is 386 g/mol. The van der Waals surface area contributed by atoms with E-state index in [0.29, 0.717) is 13.0 Å². The Morgan fingerprint density at radius 1 is 1.36 bits per heavy atom. The number of hydrogen-bond donors (Lipinski definition) is 2. The van der Waals surface area contributed by atoms with E-state index in [1.165, 1.54) is 4.31 Å². The van der Waals surface area contributed by atoms with Crippen molar-refractivity contribution in [1.82, 2.24) is 14.9 Å². The fourth-order valence-electron chi connectivity index (χ4n) is 2.47. The molecular weight excluding hydrogens is 358 g/mol. The molecule has 1 saturated heterocycles. The third-order valence-electron chi connectivity index (χ3n) is 4.25. The van der Waals surface area contributed by atoms with Gasteiger partial charge in [0.15, 0.2) is 0 Å². The van der Waals surface area contributed by atoms with E-state index in [9.17, 15) is 13.2 Å². The van der Waals surface area contributed by atoms with Gasteiger partial charge in [0.1, 0.15) is 0 Å². The van der Waals surface area contributed by atoms with E-state index in [1.54, 1.807) is 31.3 Å². The zero-order chi connectivity index (χ0) is 18.4. The van der Waals surface area contributed by atoms with Crippen molar-refractivity contribution >= 4 is 27.7 Å². The molecule has 1 fully saturated rings. The predicted octanol–water partition coefficient (Wildman–Crippen LogP) is 1.43. The minimum Gasteiger partial charge on any atom is -0.352 e. The molecule has 0 radical (unpaired) electrons. The Morgan fingerprint density at radius 2 is 2.04 bits per heavy atom. The highest BCUT2D eigenvalue weighted by molar-refractivity contribution is 7.99.